The highest BCUT2D eigenvalue weighted by molar-refractivity contribution is 7.92. The molecule has 1 aromatic carbocycles. The van der Waals surface area contributed by atoms with Crippen LogP contribution in [-0.2, 0) is 19.6 Å². The Morgan fingerprint density at radius 1 is 1.05 bits per heavy atom. The van der Waals surface area contributed by atoms with Gasteiger partial charge in [0, 0.05) is 32.1 Å². The van der Waals surface area contributed by atoms with E-state index in [1.807, 2.05) is 0 Å². The molecule has 0 spiro atoms. The Kier molecular flexibility index (Phi) is 6.67. The van der Waals surface area contributed by atoms with E-state index in [9.17, 15) is 18.0 Å². The van der Waals surface area contributed by atoms with Crippen LogP contribution in [0, 0.1) is 0 Å². The van der Waals surface area contributed by atoms with Crippen molar-refractivity contribution in [1.29, 1.82) is 0 Å². The second kappa shape index (κ2) is 8.25. The molecule has 0 unspecified atom stereocenters. The van der Waals surface area contributed by atoms with Gasteiger partial charge in [-0.2, -0.15) is 0 Å². The third kappa shape index (κ3) is 7.93. The SMILES string of the molecule is CC(=O)NCCC(=O)NCCS(=O)(=O)Nc1ccccc1. The summed E-state index contributed by atoms with van der Waals surface area (Å²) in [4.78, 5) is 22.0. The van der Waals surface area contributed by atoms with Crippen molar-refractivity contribution in [3.63, 3.8) is 0 Å². The second-order valence-corrected chi connectivity index (χ2v) is 6.21. The van der Waals surface area contributed by atoms with E-state index in [1.165, 1.54) is 6.92 Å². The molecule has 0 radical (unpaired) electrons. The zero-order valence-corrected chi connectivity index (χ0v) is 12.6. The van der Waals surface area contributed by atoms with Gasteiger partial charge in [-0.15, -0.1) is 0 Å². The van der Waals surface area contributed by atoms with Gasteiger partial charge in [-0.25, -0.2) is 8.42 Å². The number of sulfonamides is 1. The van der Waals surface area contributed by atoms with E-state index in [4.69, 9.17) is 0 Å². The number of nitrogens with one attached hydrogen (secondary N) is 3. The van der Waals surface area contributed by atoms with Crippen LogP contribution < -0.4 is 15.4 Å². The molecule has 0 aliphatic carbocycles. The normalized spacial score (nSPS) is 10.7. The number of hydrogen-bond acceptors (Lipinski definition) is 4. The van der Waals surface area contributed by atoms with Gasteiger partial charge in [0.2, 0.25) is 21.8 Å². The molecular formula is C13H19N3O4S. The topological polar surface area (TPSA) is 104 Å². The van der Waals surface area contributed by atoms with Crippen molar-refractivity contribution in [1.82, 2.24) is 10.6 Å². The molecule has 7 nitrogen and oxygen atoms in total. The van der Waals surface area contributed by atoms with Crippen molar-refractivity contribution in [2.75, 3.05) is 23.6 Å². The van der Waals surface area contributed by atoms with Gasteiger partial charge in [0.15, 0.2) is 0 Å². The number of carbonyl (C=O) groups is 2. The van der Waals surface area contributed by atoms with Crippen molar-refractivity contribution in [3.8, 4) is 0 Å². The van der Waals surface area contributed by atoms with Crippen molar-refractivity contribution < 1.29 is 18.0 Å². The molecule has 0 fully saturated rings. The van der Waals surface area contributed by atoms with E-state index >= 15 is 0 Å². The van der Waals surface area contributed by atoms with Crippen LogP contribution in [0.1, 0.15) is 13.3 Å². The lowest BCUT2D eigenvalue weighted by atomic mass is 10.3. The Hall–Kier alpha value is -2.09. The Morgan fingerprint density at radius 2 is 1.71 bits per heavy atom. The molecule has 3 N–H and O–H groups in total. The Bertz CT molecular complexity index is 572. The average Bonchev–Trinajstić information content (AvgIpc) is 2.38. The first kappa shape index (κ1) is 17.0. The van der Waals surface area contributed by atoms with Gasteiger partial charge in [-0.1, -0.05) is 18.2 Å². The number of anilines is 1. The number of para-hydroxylation sites is 1. The molecule has 2 amide bonds. The molecule has 0 saturated carbocycles. The number of hydrogen-bond donors (Lipinski definition) is 3. The fraction of sp³-hybridized carbons (Fsp3) is 0.385. The second-order valence-electron chi connectivity index (χ2n) is 4.37. The number of benzene rings is 1. The molecule has 0 bridgehead atoms. The minimum absolute atomic E-state index is 0.0150. The summed E-state index contributed by atoms with van der Waals surface area (Å²) in [6.45, 7) is 1.61. The summed E-state index contributed by atoms with van der Waals surface area (Å²) in [5.74, 6) is -0.732. The van der Waals surface area contributed by atoms with Crippen molar-refractivity contribution in [2.24, 2.45) is 0 Å². The summed E-state index contributed by atoms with van der Waals surface area (Å²) >= 11 is 0. The van der Waals surface area contributed by atoms with E-state index in [1.54, 1.807) is 30.3 Å². The van der Waals surface area contributed by atoms with Gasteiger partial charge >= 0.3 is 0 Å². The summed E-state index contributed by atoms with van der Waals surface area (Å²) in [5, 5.41) is 4.97. The fourth-order valence-corrected chi connectivity index (χ4v) is 2.47. The molecule has 0 aliphatic rings. The van der Waals surface area contributed by atoms with Crippen LogP contribution in [0.15, 0.2) is 30.3 Å². The smallest absolute Gasteiger partial charge is 0.234 e. The fourth-order valence-electron chi connectivity index (χ4n) is 1.50. The van der Waals surface area contributed by atoms with Gasteiger partial charge in [0.1, 0.15) is 0 Å². The van der Waals surface area contributed by atoms with E-state index in [-0.39, 0.29) is 37.1 Å². The molecule has 1 aromatic rings. The van der Waals surface area contributed by atoms with E-state index < -0.39 is 10.0 Å². The monoisotopic (exact) mass is 313 g/mol. The van der Waals surface area contributed by atoms with Crippen LogP contribution in [-0.4, -0.2) is 39.1 Å². The Labute approximate surface area is 124 Å². The molecule has 21 heavy (non-hydrogen) atoms. The summed E-state index contributed by atoms with van der Waals surface area (Å²) in [5.41, 5.74) is 0.481. The zero-order chi connectivity index (χ0) is 15.7. The first-order chi connectivity index (χ1) is 9.89. The minimum Gasteiger partial charge on any atom is -0.356 e. The minimum atomic E-state index is -3.50. The van der Waals surface area contributed by atoms with Gasteiger partial charge in [0.05, 0.1) is 5.75 Å². The van der Waals surface area contributed by atoms with E-state index in [2.05, 4.69) is 15.4 Å². The van der Waals surface area contributed by atoms with Gasteiger partial charge in [-0.05, 0) is 12.1 Å². The molecule has 1 rings (SSSR count). The molecule has 116 valence electrons. The Morgan fingerprint density at radius 3 is 2.33 bits per heavy atom. The standard InChI is InChI=1S/C13H19N3O4S/c1-11(17)14-8-7-13(18)15-9-10-21(19,20)16-12-5-3-2-4-6-12/h2-6,16H,7-10H2,1H3,(H,14,17)(H,15,18). The first-order valence-corrected chi connectivity index (χ1v) is 8.11. The highest BCUT2D eigenvalue weighted by Crippen LogP contribution is 2.07. The largest absolute Gasteiger partial charge is 0.356 e. The van der Waals surface area contributed by atoms with Crippen molar-refractivity contribution in [3.05, 3.63) is 30.3 Å². The maximum Gasteiger partial charge on any atom is 0.234 e. The summed E-state index contributed by atoms with van der Waals surface area (Å²) in [6.07, 6.45) is 0.117. The van der Waals surface area contributed by atoms with Crippen LogP contribution in [0.25, 0.3) is 0 Å². The summed E-state index contributed by atoms with van der Waals surface area (Å²) in [7, 11) is -3.50. The lowest BCUT2D eigenvalue weighted by Gasteiger charge is -2.09. The predicted molar refractivity (Wildman–Crippen MR) is 80.2 cm³/mol. The molecule has 0 aromatic heterocycles. The summed E-state index contributed by atoms with van der Waals surface area (Å²) in [6, 6.07) is 8.52. The number of carbonyl (C=O) groups excluding carboxylic acids is 2. The number of amides is 2. The van der Waals surface area contributed by atoms with Gasteiger partial charge in [0.25, 0.3) is 0 Å². The molecule has 0 saturated heterocycles. The highest BCUT2D eigenvalue weighted by atomic mass is 32.2. The maximum atomic E-state index is 11.8. The molecule has 8 heteroatoms. The quantitative estimate of drug-likeness (QED) is 0.631. The van der Waals surface area contributed by atoms with Crippen molar-refractivity contribution >= 4 is 27.5 Å². The van der Waals surface area contributed by atoms with Crippen LogP contribution in [0.3, 0.4) is 0 Å². The van der Waals surface area contributed by atoms with Crippen molar-refractivity contribution in [2.45, 2.75) is 13.3 Å². The lowest BCUT2D eigenvalue weighted by molar-refractivity contribution is -0.121. The van der Waals surface area contributed by atoms with Crippen LogP contribution in [0.5, 0.6) is 0 Å². The molecule has 0 heterocycles. The lowest BCUT2D eigenvalue weighted by Crippen LogP contribution is -2.33. The third-order valence-corrected chi connectivity index (χ3v) is 3.75. The Balaban J connectivity index is 2.27. The van der Waals surface area contributed by atoms with Gasteiger partial charge < -0.3 is 10.6 Å². The molecule has 0 atom stereocenters. The highest BCUT2D eigenvalue weighted by Gasteiger charge is 2.11. The zero-order valence-electron chi connectivity index (χ0n) is 11.8. The summed E-state index contributed by atoms with van der Waals surface area (Å²) < 4.78 is 25.9. The number of rotatable bonds is 8. The predicted octanol–water partition coefficient (Wildman–Crippen LogP) is 0.0707. The molecule has 0 aliphatic heterocycles. The maximum absolute atomic E-state index is 11.8. The third-order valence-electron chi connectivity index (χ3n) is 2.47. The van der Waals surface area contributed by atoms with Crippen LogP contribution in [0.4, 0.5) is 5.69 Å². The molecular weight excluding hydrogens is 294 g/mol. The van der Waals surface area contributed by atoms with Crippen LogP contribution in [0.2, 0.25) is 0 Å². The van der Waals surface area contributed by atoms with Crippen LogP contribution >= 0.6 is 0 Å². The average molecular weight is 313 g/mol. The first-order valence-electron chi connectivity index (χ1n) is 6.46. The van der Waals surface area contributed by atoms with E-state index in [0.717, 1.165) is 0 Å². The van der Waals surface area contributed by atoms with E-state index in [0.29, 0.717) is 5.69 Å². The van der Waals surface area contributed by atoms with Gasteiger partial charge in [-0.3, -0.25) is 14.3 Å².